The average molecular weight is 256 g/mol. The van der Waals surface area contributed by atoms with Crippen molar-refractivity contribution < 1.29 is 14.3 Å². The minimum Gasteiger partial charge on any atom is -0.465 e. The van der Waals surface area contributed by atoms with Crippen LogP contribution < -0.4 is 10.6 Å². The molecule has 1 saturated carbocycles. The summed E-state index contributed by atoms with van der Waals surface area (Å²) in [5, 5.41) is 5.97. The molecule has 1 aliphatic rings. The van der Waals surface area contributed by atoms with Gasteiger partial charge in [0.05, 0.1) is 12.6 Å². The summed E-state index contributed by atoms with van der Waals surface area (Å²) in [6.07, 6.45) is 3.68. The Bertz CT molecular complexity index is 290. The molecule has 1 amide bonds. The van der Waals surface area contributed by atoms with Gasteiger partial charge in [0, 0.05) is 6.04 Å². The van der Waals surface area contributed by atoms with E-state index in [1.165, 1.54) is 0 Å². The highest BCUT2D eigenvalue weighted by Crippen LogP contribution is 2.18. The molecule has 5 nitrogen and oxygen atoms in total. The second kappa shape index (κ2) is 7.36. The molecule has 1 rings (SSSR count). The minimum absolute atomic E-state index is 0.0390. The Hall–Kier alpha value is -1.10. The van der Waals surface area contributed by atoms with Crippen molar-refractivity contribution >= 4 is 11.9 Å². The Labute approximate surface area is 109 Å². The molecule has 0 aromatic heterocycles. The van der Waals surface area contributed by atoms with Crippen LogP contribution in [0.2, 0.25) is 0 Å². The molecule has 2 atom stereocenters. The number of carbonyl (C=O) groups excluding carboxylic acids is 2. The van der Waals surface area contributed by atoms with Crippen molar-refractivity contribution in [1.82, 2.24) is 10.6 Å². The number of hydrogen-bond acceptors (Lipinski definition) is 4. The Morgan fingerprint density at radius 1 is 1.33 bits per heavy atom. The van der Waals surface area contributed by atoms with Gasteiger partial charge in [0.2, 0.25) is 5.91 Å². The number of ether oxygens (including phenoxy) is 1. The van der Waals surface area contributed by atoms with E-state index < -0.39 is 6.04 Å². The fourth-order valence-corrected chi connectivity index (χ4v) is 1.73. The Balaban J connectivity index is 2.42. The number of rotatable bonds is 8. The largest absolute Gasteiger partial charge is 0.465 e. The van der Waals surface area contributed by atoms with Crippen LogP contribution >= 0.6 is 0 Å². The van der Waals surface area contributed by atoms with Gasteiger partial charge in [-0.2, -0.15) is 0 Å². The lowest BCUT2D eigenvalue weighted by molar-refractivity contribution is -0.146. The van der Waals surface area contributed by atoms with Crippen molar-refractivity contribution in [3.05, 3.63) is 0 Å². The maximum Gasteiger partial charge on any atom is 0.323 e. The monoisotopic (exact) mass is 256 g/mol. The molecule has 0 aromatic carbocycles. The van der Waals surface area contributed by atoms with Crippen LogP contribution in [0.4, 0.5) is 0 Å². The maximum absolute atomic E-state index is 11.8. The third-order valence-corrected chi connectivity index (χ3v) is 2.92. The first-order valence-electron chi connectivity index (χ1n) is 6.81. The molecular weight excluding hydrogens is 232 g/mol. The number of amides is 1. The molecule has 18 heavy (non-hydrogen) atoms. The molecule has 0 radical (unpaired) electrons. The van der Waals surface area contributed by atoms with E-state index in [2.05, 4.69) is 10.6 Å². The number of carbonyl (C=O) groups is 2. The van der Waals surface area contributed by atoms with Gasteiger partial charge in [-0.1, -0.05) is 13.3 Å². The van der Waals surface area contributed by atoms with E-state index in [9.17, 15) is 9.59 Å². The van der Waals surface area contributed by atoms with Gasteiger partial charge in [-0.05, 0) is 33.1 Å². The summed E-state index contributed by atoms with van der Waals surface area (Å²) in [5.41, 5.74) is 0. The summed E-state index contributed by atoms with van der Waals surface area (Å²) >= 11 is 0. The molecule has 0 saturated heterocycles. The molecule has 1 fully saturated rings. The molecule has 0 aromatic rings. The van der Waals surface area contributed by atoms with E-state index in [0.29, 0.717) is 19.1 Å². The zero-order valence-corrected chi connectivity index (χ0v) is 11.5. The fourth-order valence-electron chi connectivity index (χ4n) is 1.73. The Morgan fingerprint density at radius 3 is 2.50 bits per heavy atom. The normalized spacial score (nSPS) is 17.9. The molecule has 2 N–H and O–H groups in total. The molecule has 104 valence electrons. The number of hydrogen-bond donors (Lipinski definition) is 2. The van der Waals surface area contributed by atoms with Gasteiger partial charge in [-0.25, -0.2) is 0 Å². The van der Waals surface area contributed by atoms with Crippen molar-refractivity contribution in [3.63, 3.8) is 0 Å². The van der Waals surface area contributed by atoms with E-state index in [4.69, 9.17) is 4.74 Å². The van der Waals surface area contributed by atoms with E-state index >= 15 is 0 Å². The minimum atomic E-state index is -0.394. The SMILES string of the molecule is CCCC(NC(C)C(=O)NC1CC1)C(=O)OCC. The van der Waals surface area contributed by atoms with Crippen molar-refractivity contribution in [2.45, 2.75) is 64.6 Å². The van der Waals surface area contributed by atoms with Gasteiger partial charge in [0.15, 0.2) is 0 Å². The predicted molar refractivity (Wildman–Crippen MR) is 69.1 cm³/mol. The number of nitrogens with one attached hydrogen (secondary N) is 2. The first-order valence-corrected chi connectivity index (χ1v) is 6.81. The lowest BCUT2D eigenvalue weighted by Gasteiger charge is -2.21. The fraction of sp³-hybridized carbons (Fsp3) is 0.846. The highest BCUT2D eigenvalue weighted by Gasteiger charge is 2.28. The number of esters is 1. The summed E-state index contributed by atoms with van der Waals surface area (Å²) in [4.78, 5) is 23.5. The van der Waals surface area contributed by atoms with Crippen molar-refractivity contribution in [1.29, 1.82) is 0 Å². The zero-order valence-electron chi connectivity index (χ0n) is 11.5. The topological polar surface area (TPSA) is 67.4 Å². The van der Waals surface area contributed by atoms with Gasteiger partial charge in [0.1, 0.15) is 6.04 Å². The predicted octanol–water partition coefficient (Wildman–Crippen LogP) is 0.975. The summed E-state index contributed by atoms with van der Waals surface area (Å²) in [6.45, 7) is 5.93. The van der Waals surface area contributed by atoms with Crippen molar-refractivity contribution in [2.75, 3.05) is 6.61 Å². The smallest absolute Gasteiger partial charge is 0.323 e. The molecular formula is C13H24N2O3. The summed E-state index contributed by atoms with van der Waals surface area (Å²) in [5.74, 6) is -0.312. The molecule has 0 spiro atoms. The standard InChI is InChI=1S/C13H24N2O3/c1-4-6-11(13(17)18-5-2)14-9(3)12(16)15-10-7-8-10/h9-11,14H,4-8H2,1-3H3,(H,15,16). The first-order chi connectivity index (χ1) is 8.58. The van der Waals surface area contributed by atoms with E-state index in [-0.39, 0.29) is 17.9 Å². The molecule has 0 heterocycles. The van der Waals surface area contributed by atoms with Gasteiger partial charge >= 0.3 is 5.97 Å². The van der Waals surface area contributed by atoms with Crippen LogP contribution in [0.15, 0.2) is 0 Å². The maximum atomic E-state index is 11.8. The molecule has 0 aliphatic heterocycles. The molecule has 0 bridgehead atoms. The summed E-state index contributed by atoms with van der Waals surface area (Å²) < 4.78 is 5.00. The van der Waals surface area contributed by atoms with Crippen molar-refractivity contribution in [2.24, 2.45) is 0 Å². The Kier molecular flexibility index (Phi) is 6.12. The summed E-state index contributed by atoms with van der Waals surface area (Å²) in [6, 6.07) is -0.421. The van der Waals surface area contributed by atoms with Crippen LogP contribution in [0.5, 0.6) is 0 Å². The van der Waals surface area contributed by atoms with E-state index in [1.54, 1.807) is 13.8 Å². The lowest BCUT2D eigenvalue weighted by Crippen LogP contribution is -2.50. The lowest BCUT2D eigenvalue weighted by atomic mass is 10.1. The molecule has 5 heteroatoms. The third kappa shape index (κ3) is 5.04. The average Bonchev–Trinajstić information content (AvgIpc) is 3.12. The van der Waals surface area contributed by atoms with E-state index in [0.717, 1.165) is 19.3 Å². The van der Waals surface area contributed by atoms with Crippen LogP contribution in [0, 0.1) is 0 Å². The van der Waals surface area contributed by atoms with Gasteiger partial charge in [-0.15, -0.1) is 0 Å². The highest BCUT2D eigenvalue weighted by molar-refractivity contribution is 5.83. The molecule has 1 aliphatic carbocycles. The highest BCUT2D eigenvalue weighted by atomic mass is 16.5. The second-order valence-corrected chi connectivity index (χ2v) is 4.76. The van der Waals surface area contributed by atoms with Gasteiger partial charge < -0.3 is 10.1 Å². The van der Waals surface area contributed by atoms with Crippen molar-refractivity contribution in [3.8, 4) is 0 Å². The van der Waals surface area contributed by atoms with Gasteiger partial charge in [-0.3, -0.25) is 14.9 Å². The van der Waals surface area contributed by atoms with Crippen LogP contribution in [-0.2, 0) is 14.3 Å². The zero-order chi connectivity index (χ0) is 13.5. The van der Waals surface area contributed by atoms with Gasteiger partial charge in [0.25, 0.3) is 0 Å². The summed E-state index contributed by atoms with van der Waals surface area (Å²) in [7, 11) is 0. The first kappa shape index (κ1) is 15.0. The van der Waals surface area contributed by atoms with Crippen LogP contribution in [0.3, 0.4) is 0 Å². The van der Waals surface area contributed by atoms with Crippen LogP contribution in [-0.4, -0.2) is 36.6 Å². The van der Waals surface area contributed by atoms with Crippen LogP contribution in [0.25, 0.3) is 0 Å². The Morgan fingerprint density at radius 2 is 2.00 bits per heavy atom. The van der Waals surface area contributed by atoms with Crippen LogP contribution in [0.1, 0.15) is 46.5 Å². The second-order valence-electron chi connectivity index (χ2n) is 4.76. The third-order valence-electron chi connectivity index (χ3n) is 2.92. The quantitative estimate of drug-likeness (QED) is 0.635. The molecule has 2 unspecified atom stereocenters. The van der Waals surface area contributed by atoms with E-state index in [1.807, 2.05) is 6.92 Å².